The van der Waals surface area contributed by atoms with Crippen molar-refractivity contribution < 1.29 is 22.6 Å². The highest BCUT2D eigenvalue weighted by Crippen LogP contribution is 2.23. The van der Waals surface area contributed by atoms with E-state index in [1.165, 1.54) is 19.4 Å². The first kappa shape index (κ1) is 9.63. The molecule has 3 nitrogen and oxygen atoms in total. The molecule has 13 heavy (non-hydrogen) atoms. The van der Waals surface area contributed by atoms with Crippen LogP contribution in [0.2, 0.25) is 0 Å². The summed E-state index contributed by atoms with van der Waals surface area (Å²) in [5.41, 5.74) is 0. The van der Waals surface area contributed by atoms with Gasteiger partial charge in [-0.05, 0) is 6.07 Å². The van der Waals surface area contributed by atoms with Gasteiger partial charge in [0, 0.05) is 12.3 Å². The predicted octanol–water partition coefficient (Wildman–Crippen LogP) is 1.99. The van der Waals surface area contributed by atoms with Crippen LogP contribution in [0.25, 0.3) is 0 Å². The predicted molar refractivity (Wildman–Crippen MR) is 37.5 cm³/mol. The van der Waals surface area contributed by atoms with Gasteiger partial charge in [-0.25, -0.2) is 4.98 Å². The Morgan fingerprint density at radius 3 is 2.62 bits per heavy atom. The van der Waals surface area contributed by atoms with E-state index in [0.29, 0.717) is 0 Å². The summed E-state index contributed by atoms with van der Waals surface area (Å²) in [5, 5.41) is 0. The van der Waals surface area contributed by atoms with Crippen LogP contribution in [-0.2, 0) is 0 Å². The first-order chi connectivity index (χ1) is 6.01. The third-order valence-corrected chi connectivity index (χ3v) is 1.16. The average Bonchev–Trinajstić information content (AvgIpc) is 2.01. The number of nitrogens with zero attached hydrogens (tertiary/aromatic N) is 1. The highest BCUT2D eigenvalue weighted by molar-refractivity contribution is 5.25. The molecule has 0 fully saturated rings. The maximum atomic E-state index is 11.7. The summed E-state index contributed by atoms with van der Waals surface area (Å²) in [7, 11) is 1.34. The quantitative estimate of drug-likeness (QED) is 0.719. The number of aromatic nitrogens is 1. The van der Waals surface area contributed by atoms with Gasteiger partial charge in [-0.2, -0.15) is 0 Å². The zero-order valence-corrected chi connectivity index (χ0v) is 6.63. The number of halogens is 3. The lowest BCUT2D eigenvalue weighted by Gasteiger charge is -2.07. The minimum atomic E-state index is -4.72. The molecule has 1 heterocycles. The Labute approximate surface area is 72.1 Å². The Hall–Kier alpha value is -1.46. The first-order valence-corrected chi connectivity index (χ1v) is 3.27. The lowest BCUT2D eigenvalue weighted by Crippen LogP contribution is -2.17. The van der Waals surface area contributed by atoms with Gasteiger partial charge in [-0.1, -0.05) is 0 Å². The molecule has 1 rings (SSSR count). The summed E-state index contributed by atoms with van der Waals surface area (Å²) in [6.45, 7) is 0. The molecule has 0 aliphatic heterocycles. The van der Waals surface area contributed by atoms with Gasteiger partial charge in [-0.15, -0.1) is 13.2 Å². The molecule has 0 bridgehead atoms. The van der Waals surface area contributed by atoms with Crippen LogP contribution in [0.3, 0.4) is 0 Å². The summed E-state index contributed by atoms with van der Waals surface area (Å²) in [4.78, 5) is 3.35. The van der Waals surface area contributed by atoms with E-state index >= 15 is 0 Å². The second-order valence-corrected chi connectivity index (χ2v) is 2.08. The van der Waals surface area contributed by atoms with Crippen molar-refractivity contribution in [1.29, 1.82) is 0 Å². The third-order valence-electron chi connectivity index (χ3n) is 1.16. The van der Waals surface area contributed by atoms with Crippen LogP contribution in [0.4, 0.5) is 13.2 Å². The average molecular weight is 193 g/mol. The van der Waals surface area contributed by atoms with Gasteiger partial charge in [-0.3, -0.25) is 0 Å². The van der Waals surface area contributed by atoms with Gasteiger partial charge in [0.05, 0.1) is 7.11 Å². The van der Waals surface area contributed by atoms with Gasteiger partial charge in [0.1, 0.15) is 5.75 Å². The molecule has 0 saturated heterocycles. The van der Waals surface area contributed by atoms with Crippen LogP contribution in [0, 0.1) is 0 Å². The zero-order valence-electron chi connectivity index (χ0n) is 6.63. The number of pyridine rings is 1. The highest BCUT2D eigenvalue weighted by Gasteiger charge is 2.31. The third kappa shape index (κ3) is 3.18. The zero-order chi connectivity index (χ0) is 9.90. The van der Waals surface area contributed by atoms with E-state index in [9.17, 15) is 13.2 Å². The smallest absolute Gasteiger partial charge is 0.497 e. The van der Waals surface area contributed by atoms with Crippen molar-refractivity contribution in [2.24, 2.45) is 0 Å². The SMILES string of the molecule is COc1ccnc(OC(F)(F)F)c1. The molecular weight excluding hydrogens is 187 g/mol. The molecule has 1 aromatic heterocycles. The van der Waals surface area contributed by atoms with Crippen LogP contribution >= 0.6 is 0 Å². The Morgan fingerprint density at radius 2 is 2.08 bits per heavy atom. The Kier molecular flexibility index (Phi) is 2.60. The molecular formula is C7H6F3NO2. The van der Waals surface area contributed by atoms with E-state index in [0.717, 1.165) is 6.07 Å². The maximum absolute atomic E-state index is 11.7. The Bertz CT molecular complexity index is 287. The van der Waals surface area contributed by atoms with E-state index in [1.54, 1.807) is 0 Å². The molecule has 0 N–H and O–H groups in total. The van der Waals surface area contributed by atoms with Gasteiger partial charge in [0.2, 0.25) is 5.88 Å². The number of methoxy groups -OCH3 is 1. The van der Waals surface area contributed by atoms with Gasteiger partial charge in [0.15, 0.2) is 0 Å². The number of alkyl halides is 3. The molecule has 0 aliphatic carbocycles. The van der Waals surface area contributed by atoms with E-state index in [1.807, 2.05) is 0 Å². The van der Waals surface area contributed by atoms with E-state index in [4.69, 9.17) is 0 Å². The molecule has 0 saturated carbocycles. The van der Waals surface area contributed by atoms with E-state index in [-0.39, 0.29) is 5.75 Å². The molecule has 0 spiro atoms. The number of ether oxygens (including phenoxy) is 2. The summed E-state index contributed by atoms with van der Waals surface area (Å²) in [5.74, 6) is -0.277. The molecule has 6 heteroatoms. The van der Waals surface area contributed by atoms with Crippen molar-refractivity contribution in [3.63, 3.8) is 0 Å². The lowest BCUT2D eigenvalue weighted by molar-refractivity contribution is -0.276. The maximum Gasteiger partial charge on any atom is 0.574 e. The summed E-state index contributed by atoms with van der Waals surface area (Å²) >= 11 is 0. The minimum absolute atomic E-state index is 0.259. The fraction of sp³-hybridized carbons (Fsp3) is 0.286. The van der Waals surface area contributed by atoms with Crippen LogP contribution in [0.5, 0.6) is 11.6 Å². The van der Waals surface area contributed by atoms with Crippen molar-refractivity contribution in [2.75, 3.05) is 7.11 Å². The van der Waals surface area contributed by atoms with Gasteiger partial charge >= 0.3 is 6.36 Å². The molecule has 0 unspecified atom stereocenters. The van der Waals surface area contributed by atoms with Crippen molar-refractivity contribution in [2.45, 2.75) is 6.36 Å². The molecule has 0 radical (unpaired) electrons. The summed E-state index contributed by atoms with van der Waals surface area (Å²) in [6, 6.07) is 2.47. The molecule has 0 aromatic carbocycles. The molecule has 72 valence electrons. The van der Waals surface area contributed by atoms with E-state index < -0.39 is 12.2 Å². The molecule has 1 aromatic rings. The number of hydrogen-bond donors (Lipinski definition) is 0. The lowest BCUT2D eigenvalue weighted by atomic mass is 10.4. The topological polar surface area (TPSA) is 31.4 Å². The van der Waals surface area contributed by atoms with Gasteiger partial charge in [0.25, 0.3) is 0 Å². The van der Waals surface area contributed by atoms with E-state index in [2.05, 4.69) is 14.5 Å². The second-order valence-electron chi connectivity index (χ2n) is 2.08. The largest absolute Gasteiger partial charge is 0.574 e. The number of hydrogen-bond acceptors (Lipinski definition) is 3. The first-order valence-electron chi connectivity index (χ1n) is 3.27. The van der Waals surface area contributed by atoms with Crippen molar-refractivity contribution in [3.8, 4) is 11.6 Å². The van der Waals surface area contributed by atoms with Crippen LogP contribution in [0.15, 0.2) is 18.3 Å². The fourth-order valence-corrected chi connectivity index (χ4v) is 0.693. The Morgan fingerprint density at radius 1 is 1.38 bits per heavy atom. The minimum Gasteiger partial charge on any atom is -0.497 e. The Balaban J connectivity index is 2.78. The molecule has 0 aliphatic rings. The second kappa shape index (κ2) is 3.51. The fourth-order valence-electron chi connectivity index (χ4n) is 0.693. The highest BCUT2D eigenvalue weighted by atomic mass is 19.4. The molecule has 0 atom stereocenters. The normalized spacial score (nSPS) is 11.1. The standard InChI is InChI=1S/C7H6F3NO2/c1-12-5-2-3-11-6(4-5)13-7(8,9)10/h2-4H,1H3. The van der Waals surface area contributed by atoms with Crippen LogP contribution < -0.4 is 9.47 Å². The number of rotatable bonds is 2. The van der Waals surface area contributed by atoms with Crippen molar-refractivity contribution in [3.05, 3.63) is 18.3 Å². The van der Waals surface area contributed by atoms with Crippen LogP contribution in [0.1, 0.15) is 0 Å². The van der Waals surface area contributed by atoms with Gasteiger partial charge < -0.3 is 9.47 Å². The molecule has 0 amide bonds. The summed E-state index contributed by atoms with van der Waals surface area (Å²) < 4.78 is 43.3. The van der Waals surface area contributed by atoms with Crippen LogP contribution in [-0.4, -0.2) is 18.5 Å². The van der Waals surface area contributed by atoms with Crippen molar-refractivity contribution in [1.82, 2.24) is 4.98 Å². The van der Waals surface area contributed by atoms with Crippen molar-refractivity contribution >= 4 is 0 Å². The monoisotopic (exact) mass is 193 g/mol. The summed E-state index contributed by atoms with van der Waals surface area (Å²) in [6.07, 6.45) is -3.56.